The van der Waals surface area contributed by atoms with E-state index in [1.165, 1.54) is 19.1 Å². The van der Waals surface area contributed by atoms with Crippen molar-refractivity contribution in [1.82, 2.24) is 4.90 Å². The van der Waals surface area contributed by atoms with Gasteiger partial charge in [0.2, 0.25) is 0 Å². The summed E-state index contributed by atoms with van der Waals surface area (Å²) in [5.74, 6) is 0.313. The molecule has 0 aromatic rings. The summed E-state index contributed by atoms with van der Waals surface area (Å²) in [6.45, 7) is 0.923. The van der Waals surface area contributed by atoms with Crippen molar-refractivity contribution in [2.24, 2.45) is 0 Å². The Labute approximate surface area is 103 Å². The molecule has 0 radical (unpaired) electrons. The van der Waals surface area contributed by atoms with E-state index in [0.717, 1.165) is 25.8 Å². The fraction of sp³-hybridized carbons (Fsp3) is 1.00. The molecule has 2 bridgehead atoms. The van der Waals surface area contributed by atoms with Crippen LogP contribution in [0.3, 0.4) is 0 Å². The molecule has 0 aromatic heterocycles. The molecular weight excluding hydrogens is 246 g/mol. The van der Waals surface area contributed by atoms with Gasteiger partial charge in [0.1, 0.15) is 9.84 Å². The summed E-state index contributed by atoms with van der Waals surface area (Å²) in [5.41, 5.74) is 0. The van der Waals surface area contributed by atoms with Gasteiger partial charge in [-0.05, 0) is 38.6 Å². The van der Waals surface area contributed by atoms with E-state index in [9.17, 15) is 8.42 Å². The lowest BCUT2D eigenvalue weighted by Gasteiger charge is -2.36. The minimum atomic E-state index is -2.80. The van der Waals surface area contributed by atoms with Crippen LogP contribution < -0.4 is 0 Å². The van der Waals surface area contributed by atoms with E-state index < -0.39 is 9.84 Å². The average Bonchev–Trinajstić information content (AvgIpc) is 2.41. The summed E-state index contributed by atoms with van der Waals surface area (Å²) in [7, 11) is -2.80. The standard InChI is InChI=1S/C11H20ClNO2S/c1-16(14,15)6-2-5-13-10-3-4-11(13)8-9(12)7-10/h9-11H,2-8H2,1H3. The molecule has 2 unspecified atom stereocenters. The van der Waals surface area contributed by atoms with Gasteiger partial charge in [-0.1, -0.05) is 0 Å². The van der Waals surface area contributed by atoms with Crippen molar-refractivity contribution in [2.75, 3.05) is 18.6 Å². The summed E-state index contributed by atoms with van der Waals surface area (Å²) >= 11 is 6.20. The molecule has 2 atom stereocenters. The molecule has 2 saturated heterocycles. The summed E-state index contributed by atoms with van der Waals surface area (Å²) in [5, 5.41) is 0.337. The number of sulfone groups is 1. The Morgan fingerprint density at radius 2 is 1.81 bits per heavy atom. The number of alkyl halides is 1. The van der Waals surface area contributed by atoms with E-state index in [0.29, 0.717) is 23.2 Å². The second-order valence-corrected chi connectivity index (χ2v) is 8.05. The predicted molar refractivity (Wildman–Crippen MR) is 66.7 cm³/mol. The molecule has 0 aromatic carbocycles. The zero-order chi connectivity index (χ0) is 11.8. The quantitative estimate of drug-likeness (QED) is 0.726. The number of halogens is 1. The summed E-state index contributed by atoms with van der Waals surface area (Å²) in [6, 6.07) is 1.22. The van der Waals surface area contributed by atoms with Gasteiger partial charge < -0.3 is 0 Å². The van der Waals surface area contributed by atoms with Crippen LogP contribution in [-0.4, -0.2) is 49.3 Å². The highest BCUT2D eigenvalue weighted by Gasteiger charge is 2.39. The molecule has 0 N–H and O–H groups in total. The summed E-state index contributed by atoms with van der Waals surface area (Å²) in [4.78, 5) is 2.49. The van der Waals surface area contributed by atoms with Gasteiger partial charge in [0.15, 0.2) is 0 Å². The Morgan fingerprint density at radius 1 is 1.25 bits per heavy atom. The van der Waals surface area contributed by atoms with Crippen molar-refractivity contribution in [1.29, 1.82) is 0 Å². The van der Waals surface area contributed by atoms with Gasteiger partial charge in [0.25, 0.3) is 0 Å². The first-order valence-electron chi connectivity index (χ1n) is 6.03. The Morgan fingerprint density at radius 3 is 2.31 bits per heavy atom. The van der Waals surface area contributed by atoms with Crippen LogP contribution in [-0.2, 0) is 9.84 Å². The van der Waals surface area contributed by atoms with Crippen LogP contribution in [0.15, 0.2) is 0 Å². The molecule has 0 aliphatic carbocycles. The zero-order valence-corrected chi connectivity index (χ0v) is 11.3. The number of nitrogens with zero attached hydrogens (tertiary/aromatic N) is 1. The monoisotopic (exact) mass is 265 g/mol. The summed E-state index contributed by atoms with van der Waals surface area (Å²) in [6.07, 6.45) is 6.72. The first-order chi connectivity index (χ1) is 7.46. The van der Waals surface area contributed by atoms with Crippen LogP contribution in [0.1, 0.15) is 32.1 Å². The Kier molecular flexibility index (Phi) is 3.82. The lowest BCUT2D eigenvalue weighted by molar-refractivity contribution is 0.143. The molecule has 0 amide bonds. The third-order valence-electron chi connectivity index (χ3n) is 3.76. The number of rotatable bonds is 4. The fourth-order valence-electron chi connectivity index (χ4n) is 3.08. The van der Waals surface area contributed by atoms with Crippen LogP contribution in [0.4, 0.5) is 0 Å². The van der Waals surface area contributed by atoms with Crippen molar-refractivity contribution in [2.45, 2.75) is 49.6 Å². The summed E-state index contributed by atoms with van der Waals surface area (Å²) < 4.78 is 22.1. The second-order valence-electron chi connectivity index (χ2n) is 5.17. The molecule has 2 aliphatic heterocycles. The number of hydrogen-bond donors (Lipinski definition) is 0. The largest absolute Gasteiger partial charge is 0.297 e. The maximum absolute atomic E-state index is 11.1. The van der Waals surface area contributed by atoms with Crippen molar-refractivity contribution >= 4 is 21.4 Å². The molecule has 2 fully saturated rings. The van der Waals surface area contributed by atoms with Crippen LogP contribution in [0.2, 0.25) is 0 Å². The first kappa shape index (κ1) is 12.7. The molecule has 0 saturated carbocycles. The average molecular weight is 266 g/mol. The molecule has 3 nitrogen and oxygen atoms in total. The molecule has 5 heteroatoms. The van der Waals surface area contributed by atoms with Crippen LogP contribution in [0, 0.1) is 0 Å². The third-order valence-corrected chi connectivity index (χ3v) is 5.14. The van der Waals surface area contributed by atoms with E-state index in [2.05, 4.69) is 4.90 Å². The van der Waals surface area contributed by atoms with Crippen molar-refractivity contribution < 1.29 is 8.42 Å². The maximum Gasteiger partial charge on any atom is 0.147 e. The molecule has 2 rings (SSSR count). The van der Waals surface area contributed by atoms with Crippen molar-refractivity contribution in [3.8, 4) is 0 Å². The minimum Gasteiger partial charge on any atom is -0.297 e. The zero-order valence-electron chi connectivity index (χ0n) is 9.73. The number of piperidine rings is 1. The minimum absolute atomic E-state index is 0.313. The van der Waals surface area contributed by atoms with Gasteiger partial charge in [-0.15, -0.1) is 11.6 Å². The normalized spacial score (nSPS) is 35.5. The van der Waals surface area contributed by atoms with E-state index in [4.69, 9.17) is 11.6 Å². The van der Waals surface area contributed by atoms with Gasteiger partial charge >= 0.3 is 0 Å². The van der Waals surface area contributed by atoms with E-state index in [1.807, 2.05) is 0 Å². The highest BCUT2D eigenvalue weighted by molar-refractivity contribution is 7.90. The van der Waals surface area contributed by atoms with Crippen molar-refractivity contribution in [3.05, 3.63) is 0 Å². The topological polar surface area (TPSA) is 37.4 Å². The van der Waals surface area contributed by atoms with Gasteiger partial charge in [-0.2, -0.15) is 0 Å². The van der Waals surface area contributed by atoms with Gasteiger partial charge in [0.05, 0.1) is 5.75 Å². The highest BCUT2D eigenvalue weighted by atomic mass is 35.5. The van der Waals surface area contributed by atoms with E-state index in [1.54, 1.807) is 0 Å². The number of hydrogen-bond acceptors (Lipinski definition) is 3. The molecule has 16 heavy (non-hydrogen) atoms. The highest BCUT2D eigenvalue weighted by Crippen LogP contribution is 2.37. The Balaban J connectivity index is 1.83. The Hall–Kier alpha value is 0.200. The molecule has 94 valence electrons. The first-order valence-corrected chi connectivity index (χ1v) is 8.53. The van der Waals surface area contributed by atoms with E-state index >= 15 is 0 Å². The van der Waals surface area contributed by atoms with Gasteiger partial charge in [-0.25, -0.2) is 8.42 Å². The molecule has 2 heterocycles. The van der Waals surface area contributed by atoms with E-state index in [-0.39, 0.29) is 0 Å². The lowest BCUT2D eigenvalue weighted by atomic mass is 10.0. The fourth-order valence-corrected chi connectivity index (χ4v) is 4.15. The second kappa shape index (κ2) is 4.83. The maximum atomic E-state index is 11.1. The molecule has 2 aliphatic rings. The van der Waals surface area contributed by atoms with Crippen LogP contribution >= 0.6 is 11.6 Å². The van der Waals surface area contributed by atoms with Gasteiger partial charge in [-0.3, -0.25) is 4.90 Å². The lowest BCUT2D eigenvalue weighted by Crippen LogP contribution is -2.44. The van der Waals surface area contributed by atoms with Crippen LogP contribution in [0.25, 0.3) is 0 Å². The number of fused-ring (bicyclic) bond motifs is 2. The van der Waals surface area contributed by atoms with Crippen LogP contribution in [0.5, 0.6) is 0 Å². The third kappa shape index (κ3) is 3.11. The molecule has 0 spiro atoms. The van der Waals surface area contributed by atoms with Crippen molar-refractivity contribution in [3.63, 3.8) is 0 Å². The predicted octanol–water partition coefficient (Wildman–Crippen LogP) is 1.66. The smallest absolute Gasteiger partial charge is 0.147 e. The SMILES string of the molecule is CS(=O)(=O)CCCN1C2CCC1CC(Cl)C2. The molecular formula is C11H20ClNO2S. The Bertz CT molecular complexity index is 330. The van der Waals surface area contributed by atoms with Gasteiger partial charge in [0, 0.05) is 23.7 Å².